The van der Waals surface area contributed by atoms with Gasteiger partial charge in [0.1, 0.15) is 0 Å². The van der Waals surface area contributed by atoms with Gasteiger partial charge < -0.3 is 0 Å². The number of benzene rings is 3. The molecule has 10 rings (SSSR count). The van der Waals surface area contributed by atoms with Crippen molar-refractivity contribution in [3.8, 4) is 0 Å². The minimum atomic E-state index is 0.422. The highest BCUT2D eigenvalue weighted by Gasteiger charge is 2.40. The molecule has 0 fully saturated rings. The van der Waals surface area contributed by atoms with Gasteiger partial charge in [0.2, 0.25) is 0 Å². The van der Waals surface area contributed by atoms with E-state index in [0.717, 1.165) is 6.42 Å². The van der Waals surface area contributed by atoms with Crippen LogP contribution in [-0.4, -0.2) is 5.25 Å². The summed E-state index contributed by atoms with van der Waals surface area (Å²) in [6.07, 6.45) is 31.7. The molecule has 1 aliphatic heterocycles. The molecule has 0 nitrogen and oxygen atoms in total. The Balaban J connectivity index is 1.05. The summed E-state index contributed by atoms with van der Waals surface area (Å²) in [6, 6.07) is 21.3. The zero-order valence-electron chi connectivity index (χ0n) is 24.4. The summed E-state index contributed by atoms with van der Waals surface area (Å²) >= 11 is 4.11. The van der Waals surface area contributed by atoms with Gasteiger partial charge in [-0.25, -0.2) is 0 Å². The molecule has 0 N–H and O–H groups in total. The highest BCUT2D eigenvalue weighted by molar-refractivity contribution is 8.00. The van der Waals surface area contributed by atoms with E-state index in [9.17, 15) is 0 Å². The third-order valence-electron chi connectivity index (χ3n) is 10.7. The summed E-state index contributed by atoms with van der Waals surface area (Å²) in [5.41, 5.74) is 11.7. The minimum absolute atomic E-state index is 0.422. The number of rotatable bonds is 2. The van der Waals surface area contributed by atoms with Crippen LogP contribution in [0, 0.1) is 17.8 Å². The molecule has 0 radical (unpaired) electrons. The number of hydrogen-bond donors (Lipinski definition) is 0. The van der Waals surface area contributed by atoms with Crippen molar-refractivity contribution in [2.75, 3.05) is 0 Å². The average Bonchev–Trinajstić information content (AvgIpc) is 3.65. The predicted octanol–water partition coefficient (Wildman–Crippen LogP) is 11.6. The van der Waals surface area contributed by atoms with Crippen LogP contribution in [0.1, 0.15) is 47.4 Å². The smallest absolute Gasteiger partial charge is 0.0494 e. The summed E-state index contributed by atoms with van der Waals surface area (Å²) in [6.45, 7) is 0. The van der Waals surface area contributed by atoms with Gasteiger partial charge in [-0.15, -0.1) is 23.1 Å². The second-order valence-corrected chi connectivity index (χ2v) is 15.3. The van der Waals surface area contributed by atoms with Gasteiger partial charge in [0.15, 0.2) is 0 Å². The average molecular weight is 601 g/mol. The number of fused-ring (bicyclic) bond motifs is 11. The molecule has 0 amide bonds. The van der Waals surface area contributed by atoms with Gasteiger partial charge in [0.25, 0.3) is 0 Å². The Morgan fingerprint density at radius 2 is 1.73 bits per heavy atom. The first-order chi connectivity index (χ1) is 21.8. The standard InChI is InChI=1S/C42H32S2/c1-3-9-27-21-29(15-13-25(27)7-1)30-17-18-33-35-19-20-36-40-34-12-6-5-11-32(34)37(31-16-14-26-8-2-4-10-28(26)22-31)24-39(40)44-42(36)41(35)43-38(33)23-30/h1-9,11-12,14-21,23-25,28,31,39-40H,10,13,22H2. The Hall–Kier alpha value is -3.85. The summed E-state index contributed by atoms with van der Waals surface area (Å²) < 4.78 is 2.87. The quantitative estimate of drug-likeness (QED) is 0.221. The SMILES string of the molecule is C1=CCC2CC(C3=CC4Sc5c(ccc6c5sc5cc(C7=CCC8C=CC=CC8=C7)ccc56)C4c4ccccc43)C=CC2=C1. The van der Waals surface area contributed by atoms with E-state index in [1.807, 2.05) is 11.3 Å². The summed E-state index contributed by atoms with van der Waals surface area (Å²) in [7, 11) is 0. The van der Waals surface area contributed by atoms with Gasteiger partial charge in [-0.2, -0.15) is 0 Å². The van der Waals surface area contributed by atoms with Crippen molar-refractivity contribution in [1.29, 1.82) is 0 Å². The van der Waals surface area contributed by atoms with Crippen LogP contribution in [0.2, 0.25) is 0 Å². The van der Waals surface area contributed by atoms with Gasteiger partial charge in [-0.05, 0) is 75.8 Å². The highest BCUT2D eigenvalue weighted by atomic mass is 32.2. The van der Waals surface area contributed by atoms with Crippen LogP contribution in [-0.2, 0) is 0 Å². The van der Waals surface area contributed by atoms with Crippen molar-refractivity contribution in [3.63, 3.8) is 0 Å². The van der Waals surface area contributed by atoms with E-state index >= 15 is 0 Å². The van der Waals surface area contributed by atoms with E-state index in [1.54, 1.807) is 5.57 Å². The van der Waals surface area contributed by atoms with Crippen LogP contribution in [0.25, 0.3) is 31.3 Å². The van der Waals surface area contributed by atoms with Gasteiger partial charge >= 0.3 is 0 Å². The molecular formula is C42H32S2. The Bertz CT molecular complexity index is 2150. The molecular weight excluding hydrogens is 569 g/mol. The summed E-state index contributed by atoms with van der Waals surface area (Å²) in [5.74, 6) is 2.09. The monoisotopic (exact) mass is 600 g/mol. The third kappa shape index (κ3) is 3.84. The van der Waals surface area contributed by atoms with Crippen LogP contribution in [0.4, 0.5) is 0 Å². The van der Waals surface area contributed by atoms with Crippen LogP contribution in [0.5, 0.6) is 0 Å². The first-order valence-corrected chi connectivity index (χ1v) is 17.8. The Morgan fingerprint density at radius 3 is 2.73 bits per heavy atom. The molecule has 4 aromatic rings. The largest absolute Gasteiger partial charge is 0.134 e. The molecule has 5 atom stereocenters. The lowest BCUT2D eigenvalue weighted by Crippen LogP contribution is -2.22. The zero-order valence-corrected chi connectivity index (χ0v) is 26.1. The van der Waals surface area contributed by atoms with E-state index < -0.39 is 0 Å². The molecule has 0 spiro atoms. The Kier molecular flexibility index (Phi) is 5.69. The lowest BCUT2D eigenvalue weighted by molar-refractivity contribution is 0.513. The first kappa shape index (κ1) is 25.5. The lowest BCUT2D eigenvalue weighted by atomic mass is 9.71. The van der Waals surface area contributed by atoms with Crippen molar-refractivity contribution in [2.24, 2.45) is 17.8 Å². The Morgan fingerprint density at radius 1 is 0.773 bits per heavy atom. The van der Waals surface area contributed by atoms with Crippen LogP contribution in [0.15, 0.2) is 144 Å². The molecule has 2 heterocycles. The number of thioether (sulfide) groups is 1. The van der Waals surface area contributed by atoms with Crippen molar-refractivity contribution in [1.82, 2.24) is 0 Å². The lowest BCUT2D eigenvalue weighted by Gasteiger charge is -2.34. The fourth-order valence-corrected chi connectivity index (χ4v) is 11.4. The molecule has 5 aliphatic carbocycles. The van der Waals surface area contributed by atoms with Gasteiger partial charge in [-0.3, -0.25) is 0 Å². The molecule has 1 aromatic heterocycles. The van der Waals surface area contributed by atoms with Crippen molar-refractivity contribution in [2.45, 2.75) is 35.3 Å². The van der Waals surface area contributed by atoms with Crippen molar-refractivity contribution in [3.05, 3.63) is 161 Å². The van der Waals surface area contributed by atoms with Crippen molar-refractivity contribution < 1.29 is 0 Å². The number of thiophene rings is 1. The van der Waals surface area contributed by atoms with E-state index in [-0.39, 0.29) is 0 Å². The predicted molar refractivity (Wildman–Crippen MR) is 190 cm³/mol. The summed E-state index contributed by atoms with van der Waals surface area (Å²) in [5, 5.41) is 3.25. The second kappa shape index (κ2) is 9.83. The molecule has 2 heteroatoms. The van der Waals surface area contributed by atoms with Crippen LogP contribution in [0.3, 0.4) is 0 Å². The van der Waals surface area contributed by atoms with Gasteiger partial charge in [0.05, 0.1) is 0 Å². The van der Waals surface area contributed by atoms with E-state index in [0.29, 0.717) is 28.9 Å². The molecule has 0 saturated heterocycles. The van der Waals surface area contributed by atoms with E-state index in [2.05, 4.69) is 139 Å². The minimum Gasteiger partial charge on any atom is -0.134 e. The van der Waals surface area contributed by atoms with E-state index in [1.165, 1.54) is 76.9 Å². The summed E-state index contributed by atoms with van der Waals surface area (Å²) in [4.78, 5) is 1.51. The highest BCUT2D eigenvalue weighted by Crippen LogP contribution is 2.58. The maximum absolute atomic E-state index is 2.66. The first-order valence-electron chi connectivity index (χ1n) is 16.1. The maximum Gasteiger partial charge on any atom is 0.0494 e. The zero-order chi connectivity index (χ0) is 28.8. The molecule has 44 heavy (non-hydrogen) atoms. The van der Waals surface area contributed by atoms with Gasteiger partial charge in [-0.1, -0.05) is 121 Å². The topological polar surface area (TPSA) is 0 Å². The normalized spacial score (nSPS) is 27.6. The second-order valence-electron chi connectivity index (χ2n) is 13.1. The van der Waals surface area contributed by atoms with Crippen molar-refractivity contribution >= 4 is 54.4 Å². The fraction of sp³-hybridized carbons (Fsp3) is 0.190. The maximum atomic E-state index is 2.66. The molecule has 3 aromatic carbocycles. The molecule has 5 unspecified atom stereocenters. The molecule has 0 bridgehead atoms. The Labute approximate surface area is 267 Å². The van der Waals surface area contributed by atoms with Crippen LogP contribution < -0.4 is 0 Å². The molecule has 6 aliphatic rings. The van der Waals surface area contributed by atoms with Gasteiger partial charge in [0, 0.05) is 48.1 Å². The third-order valence-corrected chi connectivity index (χ3v) is 13.4. The molecule has 0 saturated carbocycles. The van der Waals surface area contributed by atoms with Crippen LogP contribution >= 0.6 is 23.1 Å². The molecule has 212 valence electrons. The van der Waals surface area contributed by atoms with E-state index in [4.69, 9.17) is 0 Å². The number of allylic oxidation sites excluding steroid dienone is 15. The number of hydrogen-bond acceptors (Lipinski definition) is 2. The fourth-order valence-electron chi connectivity index (χ4n) is 8.48.